The maximum atomic E-state index is 13.1. The van der Waals surface area contributed by atoms with Crippen molar-refractivity contribution in [2.45, 2.75) is 12.8 Å². The summed E-state index contributed by atoms with van der Waals surface area (Å²) in [6, 6.07) is 22.8. The van der Waals surface area contributed by atoms with Gasteiger partial charge in [-0.1, -0.05) is 47.7 Å². The van der Waals surface area contributed by atoms with E-state index in [-0.39, 0.29) is 5.91 Å². The van der Waals surface area contributed by atoms with Crippen LogP contribution in [-0.2, 0) is 0 Å². The molecule has 0 bridgehead atoms. The van der Waals surface area contributed by atoms with Crippen LogP contribution in [0.25, 0.3) is 21.3 Å². The maximum absolute atomic E-state index is 13.1. The molecule has 1 aliphatic heterocycles. The third-order valence-corrected chi connectivity index (χ3v) is 6.60. The number of aromatic nitrogens is 1. The summed E-state index contributed by atoms with van der Waals surface area (Å²) >= 11 is 1.66. The van der Waals surface area contributed by atoms with E-state index < -0.39 is 0 Å². The molecule has 1 amide bonds. The molecule has 0 aliphatic carbocycles. The van der Waals surface area contributed by atoms with E-state index in [1.54, 1.807) is 23.5 Å². The van der Waals surface area contributed by atoms with Gasteiger partial charge in [0.15, 0.2) is 5.13 Å². The molecule has 0 unspecified atom stereocenters. The van der Waals surface area contributed by atoms with E-state index in [9.17, 15) is 10.1 Å². The van der Waals surface area contributed by atoms with Gasteiger partial charge < -0.3 is 10.2 Å². The second kappa shape index (κ2) is 8.21. The van der Waals surface area contributed by atoms with Crippen molar-refractivity contribution >= 4 is 38.3 Å². The summed E-state index contributed by atoms with van der Waals surface area (Å²) in [4.78, 5) is 20.2. The second-order valence-electron chi connectivity index (χ2n) is 7.53. The van der Waals surface area contributed by atoms with E-state index in [4.69, 9.17) is 4.98 Å². The molecule has 152 valence electrons. The summed E-state index contributed by atoms with van der Waals surface area (Å²) in [6.07, 6.45) is 2.43. The normalized spacial score (nSPS) is 13.3. The Hall–Kier alpha value is -3.69. The molecule has 0 spiro atoms. The quantitative estimate of drug-likeness (QED) is 0.457. The number of rotatable bonds is 4. The number of fused-ring (bicyclic) bond motifs is 1. The van der Waals surface area contributed by atoms with Gasteiger partial charge in [-0.15, -0.1) is 0 Å². The summed E-state index contributed by atoms with van der Waals surface area (Å²) in [6.45, 7) is 2.12. The zero-order valence-corrected chi connectivity index (χ0v) is 17.7. The Labute approximate surface area is 184 Å². The summed E-state index contributed by atoms with van der Waals surface area (Å²) < 4.78 is 1.06. The minimum atomic E-state index is -0.202. The number of anilines is 2. The van der Waals surface area contributed by atoms with Crippen LogP contribution in [-0.4, -0.2) is 24.0 Å². The van der Waals surface area contributed by atoms with Crippen molar-refractivity contribution in [3.8, 4) is 17.2 Å². The molecule has 3 aromatic carbocycles. The lowest BCUT2D eigenvalue weighted by Crippen LogP contribution is -2.16. The highest BCUT2D eigenvalue weighted by Crippen LogP contribution is 2.33. The molecule has 0 atom stereocenters. The molecular formula is C25H20N4OS. The highest BCUT2D eigenvalue weighted by molar-refractivity contribution is 7.22. The summed E-state index contributed by atoms with van der Waals surface area (Å²) in [5.74, 6) is -0.202. The standard InChI is InChI=1S/C25H20N4OS/c26-16-17-7-1-2-8-19(17)20-9-3-4-10-21(20)24(30)27-18-11-12-22-23(15-18)31-25(28-22)29-13-5-6-14-29/h1-4,7-12,15H,5-6,13-14H2,(H,27,30). The monoisotopic (exact) mass is 424 g/mol. The number of thiazole rings is 1. The fourth-order valence-electron chi connectivity index (χ4n) is 3.96. The number of hydrogen-bond donors (Lipinski definition) is 1. The maximum Gasteiger partial charge on any atom is 0.256 e. The van der Waals surface area contributed by atoms with E-state index in [1.165, 1.54) is 12.8 Å². The molecule has 6 heteroatoms. The van der Waals surface area contributed by atoms with Crippen LogP contribution in [0.1, 0.15) is 28.8 Å². The van der Waals surface area contributed by atoms with Crippen LogP contribution in [0.2, 0.25) is 0 Å². The minimum absolute atomic E-state index is 0.202. The summed E-state index contributed by atoms with van der Waals surface area (Å²) in [7, 11) is 0. The van der Waals surface area contributed by atoms with Crippen molar-refractivity contribution < 1.29 is 4.79 Å². The van der Waals surface area contributed by atoms with Crippen LogP contribution in [0.5, 0.6) is 0 Å². The number of benzene rings is 3. The predicted octanol–water partition coefficient (Wildman–Crippen LogP) is 5.69. The van der Waals surface area contributed by atoms with Gasteiger partial charge >= 0.3 is 0 Å². The molecule has 1 N–H and O–H groups in total. The zero-order chi connectivity index (χ0) is 21.2. The Morgan fingerprint density at radius 2 is 1.74 bits per heavy atom. The molecule has 5 rings (SSSR count). The van der Waals surface area contributed by atoms with Gasteiger partial charge in [-0.2, -0.15) is 5.26 Å². The van der Waals surface area contributed by atoms with Crippen molar-refractivity contribution in [2.24, 2.45) is 0 Å². The zero-order valence-electron chi connectivity index (χ0n) is 16.8. The van der Waals surface area contributed by atoms with Crippen LogP contribution in [0.3, 0.4) is 0 Å². The van der Waals surface area contributed by atoms with Gasteiger partial charge in [0.1, 0.15) is 0 Å². The largest absolute Gasteiger partial charge is 0.348 e. The van der Waals surface area contributed by atoms with E-state index in [2.05, 4.69) is 16.3 Å². The first kappa shape index (κ1) is 19.3. The summed E-state index contributed by atoms with van der Waals surface area (Å²) in [5.41, 5.74) is 4.26. The van der Waals surface area contributed by atoms with Crippen LogP contribution in [0, 0.1) is 11.3 Å². The molecule has 1 aromatic heterocycles. The van der Waals surface area contributed by atoms with Crippen molar-refractivity contribution in [2.75, 3.05) is 23.3 Å². The Balaban J connectivity index is 1.44. The number of amides is 1. The van der Waals surface area contributed by atoms with E-state index in [1.807, 2.05) is 54.6 Å². The van der Waals surface area contributed by atoms with Crippen molar-refractivity contribution in [3.05, 3.63) is 77.9 Å². The second-order valence-corrected chi connectivity index (χ2v) is 8.54. The fourth-order valence-corrected chi connectivity index (χ4v) is 5.02. The molecule has 0 radical (unpaired) electrons. The molecule has 31 heavy (non-hydrogen) atoms. The first-order valence-electron chi connectivity index (χ1n) is 10.3. The fraction of sp³-hybridized carbons (Fsp3) is 0.160. The third-order valence-electron chi connectivity index (χ3n) is 5.52. The van der Waals surface area contributed by atoms with Crippen molar-refractivity contribution in [1.82, 2.24) is 4.98 Å². The third kappa shape index (κ3) is 3.76. The number of nitriles is 1. The first-order chi connectivity index (χ1) is 15.2. The van der Waals surface area contributed by atoms with Gasteiger partial charge in [-0.05, 0) is 48.7 Å². The Morgan fingerprint density at radius 3 is 2.55 bits per heavy atom. The molecular weight excluding hydrogens is 404 g/mol. The Morgan fingerprint density at radius 1 is 1.00 bits per heavy atom. The lowest BCUT2D eigenvalue weighted by atomic mass is 9.95. The number of nitrogens with zero attached hydrogens (tertiary/aromatic N) is 3. The highest BCUT2D eigenvalue weighted by atomic mass is 32.1. The molecule has 0 saturated carbocycles. The first-order valence-corrected chi connectivity index (χ1v) is 11.1. The predicted molar refractivity (Wildman–Crippen MR) is 126 cm³/mol. The molecule has 2 heterocycles. The van der Waals surface area contributed by atoms with Crippen LogP contribution >= 0.6 is 11.3 Å². The summed E-state index contributed by atoms with van der Waals surface area (Å²) in [5, 5.41) is 13.5. The molecule has 1 saturated heterocycles. The topological polar surface area (TPSA) is 69.0 Å². The Bertz CT molecular complexity index is 1310. The van der Waals surface area contributed by atoms with Crippen LogP contribution in [0.15, 0.2) is 66.7 Å². The van der Waals surface area contributed by atoms with Crippen LogP contribution in [0.4, 0.5) is 10.8 Å². The molecule has 1 aliphatic rings. The van der Waals surface area contributed by atoms with Crippen molar-refractivity contribution in [1.29, 1.82) is 5.26 Å². The van der Waals surface area contributed by atoms with E-state index in [0.717, 1.165) is 45.3 Å². The number of carbonyl (C=O) groups excluding carboxylic acids is 1. The molecule has 4 aromatic rings. The Kier molecular flexibility index (Phi) is 5.11. The van der Waals surface area contributed by atoms with Gasteiger partial charge in [0, 0.05) is 29.9 Å². The van der Waals surface area contributed by atoms with E-state index >= 15 is 0 Å². The van der Waals surface area contributed by atoms with E-state index in [0.29, 0.717) is 11.1 Å². The molecule has 5 nitrogen and oxygen atoms in total. The highest BCUT2D eigenvalue weighted by Gasteiger charge is 2.18. The number of nitrogens with one attached hydrogen (secondary N) is 1. The number of hydrogen-bond acceptors (Lipinski definition) is 5. The van der Waals surface area contributed by atoms with Gasteiger partial charge in [-0.3, -0.25) is 4.79 Å². The smallest absolute Gasteiger partial charge is 0.256 e. The average Bonchev–Trinajstić information content (AvgIpc) is 3.48. The average molecular weight is 425 g/mol. The number of carbonyl (C=O) groups is 1. The lowest BCUT2D eigenvalue weighted by Gasteiger charge is -2.11. The SMILES string of the molecule is N#Cc1ccccc1-c1ccccc1C(=O)Nc1ccc2nc(N3CCCC3)sc2c1. The van der Waals surface area contributed by atoms with Crippen molar-refractivity contribution in [3.63, 3.8) is 0 Å². The van der Waals surface area contributed by atoms with Gasteiger partial charge in [0.05, 0.1) is 21.8 Å². The van der Waals surface area contributed by atoms with Crippen LogP contribution < -0.4 is 10.2 Å². The van der Waals surface area contributed by atoms with Gasteiger partial charge in [-0.25, -0.2) is 4.98 Å². The van der Waals surface area contributed by atoms with Gasteiger partial charge in [0.25, 0.3) is 5.91 Å². The molecule has 1 fully saturated rings. The minimum Gasteiger partial charge on any atom is -0.348 e. The lowest BCUT2D eigenvalue weighted by molar-refractivity contribution is 0.102. The van der Waals surface area contributed by atoms with Gasteiger partial charge in [0.2, 0.25) is 0 Å².